The Morgan fingerprint density at radius 1 is 0.489 bits per heavy atom. The van der Waals surface area contributed by atoms with Crippen molar-refractivity contribution in [2.75, 3.05) is 0 Å². The van der Waals surface area contributed by atoms with Crippen LogP contribution in [0.3, 0.4) is 0 Å². The Morgan fingerprint density at radius 3 is 2.06 bits per heavy atom. The average Bonchev–Trinajstić information content (AvgIpc) is 3.62. The quantitative estimate of drug-likeness (QED) is 0.219. The first-order valence-electron chi connectivity index (χ1n) is 15.9. The van der Waals surface area contributed by atoms with Crippen molar-refractivity contribution in [1.29, 1.82) is 0 Å². The molecule has 0 bridgehead atoms. The highest BCUT2D eigenvalue weighted by Gasteiger charge is 2.29. The average molecular weight is 602 g/mol. The minimum atomic E-state index is -0.690. The van der Waals surface area contributed by atoms with Crippen LogP contribution in [0.2, 0.25) is 0 Å². The third-order valence-electron chi connectivity index (χ3n) is 9.72. The van der Waals surface area contributed by atoms with Crippen LogP contribution >= 0.6 is 0 Å². The van der Waals surface area contributed by atoms with Gasteiger partial charge in [0, 0.05) is 27.1 Å². The molecule has 2 heterocycles. The largest absolute Gasteiger partial charge is 0.384 e. The molecule has 9 aromatic rings. The lowest BCUT2D eigenvalue weighted by atomic mass is 10.0. The van der Waals surface area contributed by atoms with Crippen LogP contribution in [0.1, 0.15) is 17.2 Å². The lowest BCUT2D eigenvalue weighted by Crippen LogP contribution is -2.04. The number of hydrogen-bond donors (Lipinski definition) is 1. The Balaban J connectivity index is 1.28. The summed E-state index contributed by atoms with van der Waals surface area (Å²) in [5.74, 6) is 0.604. The Morgan fingerprint density at radius 2 is 1.19 bits per heavy atom. The van der Waals surface area contributed by atoms with Crippen molar-refractivity contribution in [2.24, 2.45) is 0 Å². The first-order chi connectivity index (χ1) is 23.2. The molecule has 0 fully saturated rings. The highest BCUT2D eigenvalue weighted by Crippen LogP contribution is 2.47. The predicted octanol–water partition coefficient (Wildman–Crippen LogP) is 10.3. The van der Waals surface area contributed by atoms with E-state index in [0.29, 0.717) is 5.95 Å². The summed E-state index contributed by atoms with van der Waals surface area (Å²) in [5, 5.41) is 17.0. The molecule has 1 N–H and O–H groups in total. The summed E-state index contributed by atoms with van der Waals surface area (Å²) in [6, 6.07) is 52.8. The van der Waals surface area contributed by atoms with Crippen molar-refractivity contribution in [3.8, 4) is 39.5 Å². The van der Waals surface area contributed by atoms with Gasteiger partial charge in [0.1, 0.15) is 6.10 Å². The van der Waals surface area contributed by atoms with E-state index in [2.05, 4.69) is 120 Å². The van der Waals surface area contributed by atoms with Crippen molar-refractivity contribution in [3.63, 3.8) is 0 Å². The van der Waals surface area contributed by atoms with E-state index in [1.54, 1.807) is 0 Å². The number of nitrogens with zero attached hydrogens (tertiary/aromatic N) is 3. The topological polar surface area (TPSA) is 50.9 Å². The van der Waals surface area contributed by atoms with Gasteiger partial charge in [-0.2, -0.15) is 0 Å². The minimum absolute atomic E-state index is 0.604. The smallest absolute Gasteiger partial charge is 0.235 e. The van der Waals surface area contributed by atoms with Gasteiger partial charge in [-0.05, 0) is 57.0 Å². The molecule has 0 aliphatic heterocycles. The van der Waals surface area contributed by atoms with Crippen LogP contribution < -0.4 is 0 Å². The van der Waals surface area contributed by atoms with E-state index in [1.165, 1.54) is 5.56 Å². The Bertz CT molecular complexity index is 2690. The second-order valence-corrected chi connectivity index (χ2v) is 12.3. The van der Waals surface area contributed by atoms with Gasteiger partial charge in [-0.15, -0.1) is 0 Å². The second kappa shape index (κ2) is 9.95. The van der Waals surface area contributed by atoms with Gasteiger partial charge in [0.15, 0.2) is 0 Å². The van der Waals surface area contributed by atoms with Gasteiger partial charge in [-0.1, -0.05) is 133 Å². The molecular weight excluding hydrogens is 574 g/mol. The zero-order valence-corrected chi connectivity index (χ0v) is 25.3. The van der Waals surface area contributed by atoms with Crippen LogP contribution in [-0.2, 0) is 0 Å². The van der Waals surface area contributed by atoms with Crippen LogP contribution in [0.25, 0.3) is 82.9 Å². The third-order valence-corrected chi connectivity index (χ3v) is 9.72. The van der Waals surface area contributed by atoms with Gasteiger partial charge < -0.3 is 5.11 Å². The van der Waals surface area contributed by atoms with Crippen molar-refractivity contribution in [3.05, 3.63) is 163 Å². The van der Waals surface area contributed by atoms with Crippen molar-refractivity contribution < 1.29 is 5.11 Å². The van der Waals surface area contributed by atoms with Crippen molar-refractivity contribution >= 4 is 43.5 Å². The normalized spacial score (nSPS) is 13.9. The van der Waals surface area contributed by atoms with Crippen LogP contribution in [0.15, 0.2) is 152 Å². The highest BCUT2D eigenvalue weighted by molar-refractivity contribution is 6.19. The Hall–Kier alpha value is -6.10. The molecule has 1 aliphatic carbocycles. The number of para-hydroxylation sites is 1. The first-order valence-corrected chi connectivity index (χ1v) is 15.9. The maximum Gasteiger partial charge on any atom is 0.235 e. The summed E-state index contributed by atoms with van der Waals surface area (Å²) < 4.78 is 2.21. The predicted molar refractivity (Wildman–Crippen MR) is 192 cm³/mol. The van der Waals surface area contributed by atoms with E-state index in [-0.39, 0.29) is 0 Å². The summed E-state index contributed by atoms with van der Waals surface area (Å²) in [5.41, 5.74) is 11.2. The molecule has 1 atom stereocenters. The van der Waals surface area contributed by atoms with Crippen LogP contribution in [0.4, 0.5) is 0 Å². The molecule has 10 rings (SSSR count). The monoisotopic (exact) mass is 601 g/mol. The van der Waals surface area contributed by atoms with Gasteiger partial charge in [-0.25, -0.2) is 9.97 Å². The van der Waals surface area contributed by atoms with Gasteiger partial charge >= 0.3 is 0 Å². The number of fused-ring (bicyclic) bond motifs is 9. The van der Waals surface area contributed by atoms with Crippen LogP contribution in [0, 0.1) is 0 Å². The molecule has 0 saturated heterocycles. The molecule has 0 radical (unpaired) electrons. The SMILES string of the molecule is OC1c2ccccc2-c2cc3c4ccc5ccccc5c4n(-c4nc(-c5ccc(-c6ccccc6)cc5)c5ccccc5n4)c3cc21. The van der Waals surface area contributed by atoms with Gasteiger partial charge in [-0.3, -0.25) is 4.57 Å². The van der Waals surface area contributed by atoms with Crippen LogP contribution in [0.5, 0.6) is 0 Å². The van der Waals surface area contributed by atoms with Gasteiger partial charge in [0.2, 0.25) is 5.95 Å². The summed E-state index contributed by atoms with van der Waals surface area (Å²) in [4.78, 5) is 10.6. The third kappa shape index (κ3) is 3.86. The minimum Gasteiger partial charge on any atom is -0.384 e. The summed E-state index contributed by atoms with van der Waals surface area (Å²) in [7, 11) is 0. The summed E-state index contributed by atoms with van der Waals surface area (Å²) in [6.45, 7) is 0. The lowest BCUT2D eigenvalue weighted by molar-refractivity contribution is 0.225. The molecule has 4 heteroatoms. The van der Waals surface area contributed by atoms with E-state index in [9.17, 15) is 5.11 Å². The molecule has 0 spiro atoms. The fourth-order valence-electron chi connectivity index (χ4n) is 7.49. The molecule has 47 heavy (non-hydrogen) atoms. The lowest BCUT2D eigenvalue weighted by Gasteiger charge is -2.13. The van der Waals surface area contributed by atoms with Crippen molar-refractivity contribution in [2.45, 2.75) is 6.10 Å². The van der Waals surface area contributed by atoms with Gasteiger partial charge in [0.05, 0.1) is 22.2 Å². The number of rotatable bonds is 3. The Kier molecular flexibility index (Phi) is 5.54. The van der Waals surface area contributed by atoms with E-state index in [1.807, 2.05) is 36.4 Å². The van der Waals surface area contributed by atoms with Crippen molar-refractivity contribution in [1.82, 2.24) is 14.5 Å². The van der Waals surface area contributed by atoms with E-state index in [0.717, 1.165) is 82.6 Å². The summed E-state index contributed by atoms with van der Waals surface area (Å²) in [6.07, 6.45) is -0.690. The first kappa shape index (κ1) is 26.1. The number of aromatic nitrogens is 3. The molecular formula is C43H27N3O. The van der Waals surface area contributed by atoms with Gasteiger partial charge in [0.25, 0.3) is 0 Å². The fourth-order valence-corrected chi connectivity index (χ4v) is 7.49. The number of aliphatic hydroxyl groups is 1. The molecule has 4 nitrogen and oxygen atoms in total. The molecule has 0 saturated carbocycles. The molecule has 220 valence electrons. The zero-order valence-electron chi connectivity index (χ0n) is 25.3. The highest BCUT2D eigenvalue weighted by atomic mass is 16.3. The fraction of sp³-hybridized carbons (Fsp3) is 0.0233. The zero-order chi connectivity index (χ0) is 31.1. The number of hydrogen-bond acceptors (Lipinski definition) is 3. The number of aliphatic hydroxyl groups excluding tert-OH is 1. The van der Waals surface area contributed by atoms with E-state index in [4.69, 9.17) is 9.97 Å². The molecule has 1 unspecified atom stereocenters. The van der Waals surface area contributed by atoms with Crippen LogP contribution in [-0.4, -0.2) is 19.6 Å². The summed E-state index contributed by atoms with van der Waals surface area (Å²) >= 11 is 0. The molecule has 0 amide bonds. The second-order valence-electron chi connectivity index (χ2n) is 12.3. The maximum absolute atomic E-state index is 11.5. The molecule has 2 aromatic heterocycles. The van der Waals surface area contributed by atoms with E-state index >= 15 is 0 Å². The van der Waals surface area contributed by atoms with E-state index < -0.39 is 6.10 Å². The number of benzene rings is 7. The maximum atomic E-state index is 11.5. The Labute approximate surface area is 270 Å². The molecule has 7 aromatic carbocycles. The molecule has 1 aliphatic rings. The standard InChI is InChI=1S/C43H27N3O/c47-42-33-15-7-6-14-31(33)35-24-36-32-23-22-28-12-4-5-13-30(28)41(32)46(39(36)25-37(35)42)43-44-38-17-9-8-16-34(38)40(45-43)29-20-18-27(19-21-29)26-10-2-1-3-11-26/h1-25,42,47H.